The lowest BCUT2D eigenvalue weighted by atomic mass is 9.82. The van der Waals surface area contributed by atoms with E-state index in [1.165, 1.54) is 11.3 Å². The Morgan fingerprint density at radius 3 is 2.88 bits per heavy atom. The SMILES string of the molecule is Cc1ncc(C(=O)N(C)CC2CC(O)C2)s1. The van der Waals surface area contributed by atoms with E-state index in [0.717, 1.165) is 24.4 Å². The van der Waals surface area contributed by atoms with Crippen LogP contribution in [-0.2, 0) is 0 Å². The fourth-order valence-corrected chi connectivity index (χ4v) is 2.74. The van der Waals surface area contributed by atoms with Crippen molar-refractivity contribution in [2.45, 2.75) is 25.9 Å². The fraction of sp³-hybridized carbons (Fsp3) is 0.636. The molecule has 1 aliphatic carbocycles. The maximum Gasteiger partial charge on any atom is 0.265 e. The molecule has 1 saturated carbocycles. The summed E-state index contributed by atoms with van der Waals surface area (Å²) in [6.45, 7) is 2.62. The molecule has 0 atom stereocenters. The molecule has 1 heterocycles. The first-order chi connectivity index (χ1) is 7.56. The number of aromatic nitrogens is 1. The van der Waals surface area contributed by atoms with Crippen LogP contribution in [0.2, 0.25) is 0 Å². The van der Waals surface area contributed by atoms with Gasteiger partial charge in [0.05, 0.1) is 17.3 Å². The summed E-state index contributed by atoms with van der Waals surface area (Å²) in [6, 6.07) is 0. The molecule has 0 aliphatic heterocycles. The third-order valence-electron chi connectivity index (χ3n) is 2.92. The first kappa shape index (κ1) is 11.5. The summed E-state index contributed by atoms with van der Waals surface area (Å²) in [5.41, 5.74) is 0. The van der Waals surface area contributed by atoms with Gasteiger partial charge >= 0.3 is 0 Å². The minimum absolute atomic E-state index is 0.0342. The van der Waals surface area contributed by atoms with Crippen LogP contribution >= 0.6 is 11.3 Å². The van der Waals surface area contributed by atoms with Crippen molar-refractivity contribution in [1.29, 1.82) is 0 Å². The first-order valence-corrected chi connectivity index (χ1v) is 6.24. The number of hydrogen-bond acceptors (Lipinski definition) is 4. The maximum atomic E-state index is 11.9. The normalized spacial score (nSPS) is 23.9. The summed E-state index contributed by atoms with van der Waals surface area (Å²) in [5.74, 6) is 0.491. The van der Waals surface area contributed by atoms with Crippen molar-refractivity contribution in [1.82, 2.24) is 9.88 Å². The third-order valence-corrected chi connectivity index (χ3v) is 3.82. The van der Waals surface area contributed by atoms with Crippen LogP contribution in [-0.4, -0.2) is 40.6 Å². The van der Waals surface area contributed by atoms with Crippen LogP contribution < -0.4 is 0 Å². The van der Waals surface area contributed by atoms with E-state index < -0.39 is 0 Å². The zero-order valence-corrected chi connectivity index (χ0v) is 10.3. The zero-order valence-electron chi connectivity index (χ0n) is 9.51. The maximum absolute atomic E-state index is 11.9. The minimum atomic E-state index is -0.154. The van der Waals surface area contributed by atoms with Crippen molar-refractivity contribution >= 4 is 17.2 Å². The summed E-state index contributed by atoms with van der Waals surface area (Å²) in [5, 5.41) is 10.1. The lowest BCUT2D eigenvalue weighted by Crippen LogP contribution is -2.39. The van der Waals surface area contributed by atoms with E-state index in [0.29, 0.717) is 10.8 Å². The predicted molar refractivity (Wildman–Crippen MR) is 62.5 cm³/mol. The molecule has 0 spiro atoms. The Balaban J connectivity index is 1.89. The van der Waals surface area contributed by atoms with Gasteiger partial charge in [0.1, 0.15) is 4.88 Å². The minimum Gasteiger partial charge on any atom is -0.393 e. The van der Waals surface area contributed by atoms with Crippen molar-refractivity contribution in [2.75, 3.05) is 13.6 Å². The summed E-state index contributed by atoms with van der Waals surface area (Å²) < 4.78 is 0. The number of amides is 1. The predicted octanol–water partition coefficient (Wildman–Crippen LogP) is 1.29. The molecule has 0 radical (unpaired) electrons. The van der Waals surface area contributed by atoms with Gasteiger partial charge in [0.2, 0.25) is 0 Å². The highest BCUT2D eigenvalue weighted by molar-refractivity contribution is 7.13. The Bertz CT molecular complexity index is 385. The molecular formula is C11H16N2O2S. The number of hydrogen-bond donors (Lipinski definition) is 1. The largest absolute Gasteiger partial charge is 0.393 e. The van der Waals surface area contributed by atoms with E-state index in [9.17, 15) is 9.90 Å². The van der Waals surface area contributed by atoms with E-state index in [4.69, 9.17) is 0 Å². The van der Waals surface area contributed by atoms with Crippen LogP contribution in [0.25, 0.3) is 0 Å². The summed E-state index contributed by atoms with van der Waals surface area (Å²) >= 11 is 1.43. The van der Waals surface area contributed by atoms with Crippen LogP contribution in [0.15, 0.2) is 6.20 Å². The van der Waals surface area contributed by atoms with Gasteiger partial charge in [-0.2, -0.15) is 0 Å². The molecule has 1 amide bonds. The van der Waals surface area contributed by atoms with Crippen LogP contribution in [0.4, 0.5) is 0 Å². The molecule has 1 N–H and O–H groups in total. The molecule has 5 heteroatoms. The Morgan fingerprint density at radius 1 is 1.69 bits per heavy atom. The van der Waals surface area contributed by atoms with Gasteiger partial charge in [0.25, 0.3) is 5.91 Å². The molecule has 16 heavy (non-hydrogen) atoms. The van der Waals surface area contributed by atoms with Crippen LogP contribution in [0, 0.1) is 12.8 Å². The molecule has 88 valence electrons. The number of carbonyl (C=O) groups is 1. The van der Waals surface area contributed by atoms with E-state index in [1.54, 1.807) is 11.1 Å². The topological polar surface area (TPSA) is 53.4 Å². The second-order valence-electron chi connectivity index (χ2n) is 4.42. The van der Waals surface area contributed by atoms with Gasteiger partial charge in [-0.1, -0.05) is 0 Å². The standard InChI is InChI=1S/C11H16N2O2S/c1-7-12-5-10(16-7)11(15)13(2)6-8-3-9(14)4-8/h5,8-9,14H,3-4,6H2,1-2H3. The third kappa shape index (κ3) is 2.41. The smallest absolute Gasteiger partial charge is 0.265 e. The van der Waals surface area contributed by atoms with Crippen molar-refractivity contribution < 1.29 is 9.90 Å². The highest BCUT2D eigenvalue weighted by Gasteiger charge is 2.29. The van der Waals surface area contributed by atoms with Gasteiger partial charge < -0.3 is 10.0 Å². The molecule has 0 unspecified atom stereocenters. The second kappa shape index (κ2) is 4.51. The summed E-state index contributed by atoms with van der Waals surface area (Å²) in [4.78, 5) is 18.4. The summed E-state index contributed by atoms with van der Waals surface area (Å²) in [6.07, 6.45) is 3.12. The lowest BCUT2D eigenvalue weighted by molar-refractivity contribution is 0.0266. The average molecular weight is 240 g/mol. The molecule has 0 aromatic carbocycles. The number of aliphatic hydroxyl groups excluding tert-OH is 1. The van der Waals surface area contributed by atoms with Gasteiger partial charge in [-0.05, 0) is 25.7 Å². The Morgan fingerprint density at radius 2 is 2.38 bits per heavy atom. The Hall–Kier alpha value is -0.940. The van der Waals surface area contributed by atoms with Gasteiger partial charge in [0.15, 0.2) is 0 Å². The van der Waals surface area contributed by atoms with E-state index in [1.807, 2.05) is 14.0 Å². The monoisotopic (exact) mass is 240 g/mol. The quantitative estimate of drug-likeness (QED) is 0.866. The number of thiazole rings is 1. The average Bonchev–Trinajstić information content (AvgIpc) is 2.61. The Kier molecular flexibility index (Phi) is 3.25. The molecule has 4 nitrogen and oxygen atoms in total. The van der Waals surface area contributed by atoms with Crippen LogP contribution in [0.1, 0.15) is 27.5 Å². The van der Waals surface area contributed by atoms with E-state index in [2.05, 4.69) is 4.98 Å². The van der Waals surface area contributed by atoms with Crippen molar-refractivity contribution in [3.8, 4) is 0 Å². The van der Waals surface area contributed by atoms with Gasteiger partial charge in [-0.3, -0.25) is 4.79 Å². The van der Waals surface area contributed by atoms with Gasteiger partial charge in [-0.15, -0.1) is 11.3 Å². The molecule has 0 saturated heterocycles. The molecule has 1 aliphatic rings. The lowest BCUT2D eigenvalue weighted by Gasteiger charge is -2.34. The molecule has 1 aromatic heterocycles. The Labute approximate surface area is 98.9 Å². The van der Waals surface area contributed by atoms with Gasteiger partial charge in [0, 0.05) is 13.6 Å². The molecule has 1 fully saturated rings. The number of carbonyl (C=O) groups excluding carboxylic acids is 1. The summed E-state index contributed by atoms with van der Waals surface area (Å²) in [7, 11) is 1.81. The number of nitrogens with zero attached hydrogens (tertiary/aromatic N) is 2. The highest BCUT2D eigenvalue weighted by Crippen LogP contribution is 2.28. The molecular weight excluding hydrogens is 224 g/mol. The van der Waals surface area contributed by atoms with Crippen molar-refractivity contribution in [3.05, 3.63) is 16.1 Å². The van der Waals surface area contributed by atoms with Crippen LogP contribution in [0.3, 0.4) is 0 Å². The van der Waals surface area contributed by atoms with Gasteiger partial charge in [-0.25, -0.2) is 4.98 Å². The number of rotatable bonds is 3. The molecule has 1 aromatic rings. The van der Waals surface area contributed by atoms with Crippen molar-refractivity contribution in [2.24, 2.45) is 5.92 Å². The fourth-order valence-electron chi connectivity index (χ4n) is 1.97. The highest BCUT2D eigenvalue weighted by atomic mass is 32.1. The van der Waals surface area contributed by atoms with E-state index >= 15 is 0 Å². The van der Waals surface area contributed by atoms with E-state index in [-0.39, 0.29) is 12.0 Å². The van der Waals surface area contributed by atoms with Crippen molar-refractivity contribution in [3.63, 3.8) is 0 Å². The number of aryl methyl sites for hydroxylation is 1. The second-order valence-corrected chi connectivity index (χ2v) is 5.66. The number of aliphatic hydroxyl groups is 1. The molecule has 2 rings (SSSR count). The van der Waals surface area contributed by atoms with Crippen LogP contribution in [0.5, 0.6) is 0 Å². The zero-order chi connectivity index (χ0) is 11.7. The molecule has 0 bridgehead atoms. The first-order valence-electron chi connectivity index (χ1n) is 5.42.